The minimum absolute atomic E-state index is 0.429. The summed E-state index contributed by atoms with van der Waals surface area (Å²) < 4.78 is 17.1. The van der Waals surface area contributed by atoms with Crippen molar-refractivity contribution in [3.63, 3.8) is 0 Å². The molecule has 23 heavy (non-hydrogen) atoms. The van der Waals surface area contributed by atoms with Crippen LogP contribution >= 0.6 is 7.82 Å². The molecule has 0 aromatic rings. The average molecular weight is 348 g/mol. The number of unbranched alkanes of at least 4 members (excludes halogenated alkanes) is 2. The van der Waals surface area contributed by atoms with Crippen LogP contribution in [0.2, 0.25) is 0 Å². The van der Waals surface area contributed by atoms with E-state index in [1.165, 1.54) is 19.3 Å². The molecule has 0 amide bonds. The van der Waals surface area contributed by atoms with E-state index in [2.05, 4.69) is 34.6 Å². The minimum atomic E-state index is -4.47. The predicted molar refractivity (Wildman–Crippen MR) is 95.1 cm³/mol. The van der Waals surface area contributed by atoms with Crippen molar-refractivity contribution in [3.05, 3.63) is 0 Å². The molecule has 1 aliphatic rings. The van der Waals surface area contributed by atoms with Gasteiger partial charge in [0.25, 0.3) is 0 Å². The van der Waals surface area contributed by atoms with Crippen LogP contribution in [0.3, 0.4) is 0 Å². The van der Waals surface area contributed by atoms with Gasteiger partial charge in [0.1, 0.15) is 0 Å². The van der Waals surface area contributed by atoms with E-state index < -0.39 is 13.4 Å². The van der Waals surface area contributed by atoms with Crippen LogP contribution in [0.15, 0.2) is 0 Å². The summed E-state index contributed by atoms with van der Waals surface area (Å²) in [7, 11) is -4.47. The Labute approximate surface area is 142 Å². The second-order valence-corrected chi connectivity index (χ2v) is 9.12. The highest BCUT2D eigenvalue weighted by Crippen LogP contribution is 2.53. The number of phosphoric acid groups is 1. The fourth-order valence-corrected chi connectivity index (χ4v) is 5.11. The number of phosphoric ester groups is 1. The SMILES string of the molecule is CCCCCC(CC)CC1(OP(=O)(O)O)CC(C)C(C)C(C)C1. The van der Waals surface area contributed by atoms with Gasteiger partial charge in [0, 0.05) is 0 Å². The molecule has 2 N–H and O–H groups in total. The van der Waals surface area contributed by atoms with E-state index in [4.69, 9.17) is 4.52 Å². The normalized spacial score (nSPS) is 33.6. The van der Waals surface area contributed by atoms with Gasteiger partial charge in [-0.15, -0.1) is 0 Å². The smallest absolute Gasteiger partial charge is 0.303 e. The molecule has 1 rings (SSSR count). The summed E-state index contributed by atoms with van der Waals surface area (Å²) >= 11 is 0. The Balaban J connectivity index is 2.89. The zero-order valence-corrected chi connectivity index (χ0v) is 16.5. The minimum Gasteiger partial charge on any atom is -0.303 e. The van der Waals surface area contributed by atoms with Crippen LogP contribution in [-0.4, -0.2) is 15.4 Å². The molecule has 1 aliphatic carbocycles. The highest BCUT2D eigenvalue weighted by molar-refractivity contribution is 7.46. The van der Waals surface area contributed by atoms with Gasteiger partial charge in [0.2, 0.25) is 0 Å². The Bertz CT molecular complexity index is 380. The molecule has 3 atom stereocenters. The first kappa shape index (κ1) is 21.2. The lowest BCUT2D eigenvalue weighted by molar-refractivity contribution is -0.0632. The molecule has 1 fully saturated rings. The van der Waals surface area contributed by atoms with Crippen molar-refractivity contribution in [1.29, 1.82) is 0 Å². The molecule has 0 bridgehead atoms. The van der Waals surface area contributed by atoms with Crippen LogP contribution in [0.4, 0.5) is 0 Å². The number of hydrogen-bond donors (Lipinski definition) is 2. The zero-order valence-electron chi connectivity index (χ0n) is 15.6. The van der Waals surface area contributed by atoms with Crippen LogP contribution < -0.4 is 0 Å². The lowest BCUT2D eigenvalue weighted by Gasteiger charge is -2.47. The van der Waals surface area contributed by atoms with E-state index in [9.17, 15) is 14.4 Å². The molecule has 0 spiro atoms. The molecule has 0 aliphatic heterocycles. The summed E-state index contributed by atoms with van der Waals surface area (Å²) in [6.07, 6.45) is 8.10. The molecule has 0 radical (unpaired) electrons. The first-order valence-corrected chi connectivity index (χ1v) is 10.9. The molecule has 4 nitrogen and oxygen atoms in total. The highest BCUT2D eigenvalue weighted by Gasteiger charge is 2.46. The lowest BCUT2D eigenvalue weighted by Crippen LogP contribution is -2.44. The van der Waals surface area contributed by atoms with Crippen molar-refractivity contribution in [2.24, 2.45) is 23.7 Å². The molecule has 0 saturated heterocycles. The van der Waals surface area contributed by atoms with E-state index in [-0.39, 0.29) is 0 Å². The van der Waals surface area contributed by atoms with E-state index >= 15 is 0 Å². The first-order chi connectivity index (χ1) is 10.6. The lowest BCUT2D eigenvalue weighted by atomic mass is 9.65. The third-order valence-electron chi connectivity index (χ3n) is 5.95. The van der Waals surface area contributed by atoms with E-state index in [1.54, 1.807) is 0 Å². The summed E-state index contributed by atoms with van der Waals surface area (Å²) in [6, 6.07) is 0. The van der Waals surface area contributed by atoms with Gasteiger partial charge in [-0.3, -0.25) is 4.52 Å². The average Bonchev–Trinajstić information content (AvgIpc) is 2.42. The Morgan fingerprint density at radius 3 is 2.13 bits per heavy atom. The molecule has 138 valence electrons. The molecule has 3 unspecified atom stereocenters. The van der Waals surface area contributed by atoms with Gasteiger partial charge in [0.15, 0.2) is 0 Å². The maximum Gasteiger partial charge on any atom is 0.470 e. The maximum absolute atomic E-state index is 11.6. The Hall–Kier alpha value is 0.110. The van der Waals surface area contributed by atoms with Crippen LogP contribution in [0, 0.1) is 23.7 Å². The van der Waals surface area contributed by atoms with Gasteiger partial charge < -0.3 is 9.79 Å². The third-order valence-corrected chi connectivity index (χ3v) is 6.57. The number of hydrogen-bond acceptors (Lipinski definition) is 2. The number of rotatable bonds is 9. The monoisotopic (exact) mass is 348 g/mol. The van der Waals surface area contributed by atoms with Crippen LogP contribution in [0.5, 0.6) is 0 Å². The predicted octanol–water partition coefficient (Wildman–Crippen LogP) is 5.53. The Morgan fingerprint density at radius 2 is 1.70 bits per heavy atom. The zero-order chi connectivity index (χ0) is 17.7. The van der Waals surface area contributed by atoms with Gasteiger partial charge in [-0.25, -0.2) is 4.57 Å². The summed E-state index contributed by atoms with van der Waals surface area (Å²) in [5.74, 6) is 1.92. The molecule has 0 heterocycles. The summed E-state index contributed by atoms with van der Waals surface area (Å²) in [6.45, 7) is 11.0. The Morgan fingerprint density at radius 1 is 1.13 bits per heavy atom. The molecule has 5 heteroatoms. The Kier molecular flexibility index (Phi) is 8.27. The van der Waals surface area contributed by atoms with Gasteiger partial charge >= 0.3 is 7.82 Å². The third kappa shape index (κ3) is 6.86. The van der Waals surface area contributed by atoms with Gasteiger partial charge in [-0.05, 0) is 42.9 Å². The second-order valence-electron chi connectivity index (χ2n) is 7.96. The van der Waals surface area contributed by atoms with Gasteiger partial charge in [-0.1, -0.05) is 66.7 Å². The fraction of sp³-hybridized carbons (Fsp3) is 1.00. The first-order valence-electron chi connectivity index (χ1n) is 9.38. The topological polar surface area (TPSA) is 66.8 Å². The van der Waals surface area contributed by atoms with Crippen molar-refractivity contribution in [1.82, 2.24) is 0 Å². The van der Waals surface area contributed by atoms with E-state index in [0.29, 0.717) is 23.7 Å². The van der Waals surface area contributed by atoms with E-state index in [0.717, 1.165) is 32.1 Å². The standard InChI is InChI=1S/C18H37O4P/c1-6-8-9-10-17(7-2)13-18(22-23(19,20)21)11-14(3)16(5)15(4)12-18/h14-17H,6-13H2,1-5H3,(H2,19,20,21). The second kappa shape index (κ2) is 8.99. The molecular formula is C18H37O4P. The van der Waals surface area contributed by atoms with Crippen molar-refractivity contribution < 1.29 is 18.9 Å². The van der Waals surface area contributed by atoms with Gasteiger partial charge in [0.05, 0.1) is 5.60 Å². The van der Waals surface area contributed by atoms with Gasteiger partial charge in [-0.2, -0.15) is 0 Å². The largest absolute Gasteiger partial charge is 0.470 e. The fourth-order valence-electron chi connectivity index (χ4n) is 4.38. The highest BCUT2D eigenvalue weighted by atomic mass is 31.2. The van der Waals surface area contributed by atoms with Crippen molar-refractivity contribution in [3.8, 4) is 0 Å². The van der Waals surface area contributed by atoms with E-state index in [1.807, 2.05) is 0 Å². The summed E-state index contributed by atoms with van der Waals surface area (Å²) in [5, 5.41) is 0. The molecule has 1 saturated carbocycles. The van der Waals surface area contributed by atoms with Crippen molar-refractivity contribution in [2.75, 3.05) is 0 Å². The van der Waals surface area contributed by atoms with Crippen LogP contribution in [-0.2, 0) is 9.09 Å². The quantitative estimate of drug-likeness (QED) is 0.424. The van der Waals surface area contributed by atoms with Crippen molar-refractivity contribution in [2.45, 2.75) is 91.6 Å². The molecule has 0 aromatic carbocycles. The summed E-state index contributed by atoms with van der Waals surface area (Å²) in [4.78, 5) is 18.9. The van der Waals surface area contributed by atoms with Crippen LogP contribution in [0.1, 0.15) is 86.0 Å². The maximum atomic E-state index is 11.6. The van der Waals surface area contributed by atoms with Crippen LogP contribution in [0.25, 0.3) is 0 Å². The molecular weight excluding hydrogens is 311 g/mol. The molecule has 0 aromatic heterocycles. The van der Waals surface area contributed by atoms with Crippen molar-refractivity contribution >= 4 is 7.82 Å². The summed E-state index contributed by atoms with van der Waals surface area (Å²) in [5.41, 5.74) is -0.655.